The van der Waals surface area contributed by atoms with Gasteiger partial charge in [-0.05, 0) is 66.7 Å². The fraction of sp³-hybridized carbons (Fsp3) is 0.714. The SMILES string of the molecule is CCCCc1ccc(C(C)C)c(CCCC)c1CCCC.O. The first-order valence-corrected chi connectivity index (χ1v) is 9.29. The summed E-state index contributed by atoms with van der Waals surface area (Å²) in [6.45, 7) is 11.6. The average Bonchev–Trinajstić information content (AvgIpc) is 2.48. The van der Waals surface area contributed by atoms with E-state index in [4.69, 9.17) is 0 Å². The van der Waals surface area contributed by atoms with Gasteiger partial charge in [-0.2, -0.15) is 0 Å². The van der Waals surface area contributed by atoms with Crippen LogP contribution in [0.4, 0.5) is 0 Å². The Morgan fingerprint density at radius 3 is 1.73 bits per heavy atom. The van der Waals surface area contributed by atoms with Crippen molar-refractivity contribution in [3.63, 3.8) is 0 Å². The second-order valence-corrected chi connectivity index (χ2v) is 6.74. The summed E-state index contributed by atoms with van der Waals surface area (Å²) in [5, 5.41) is 0. The Morgan fingerprint density at radius 1 is 0.727 bits per heavy atom. The highest BCUT2D eigenvalue weighted by molar-refractivity contribution is 5.43. The van der Waals surface area contributed by atoms with E-state index in [1.165, 1.54) is 57.8 Å². The summed E-state index contributed by atoms with van der Waals surface area (Å²) < 4.78 is 0. The lowest BCUT2D eigenvalue weighted by Gasteiger charge is -2.21. The molecule has 0 fully saturated rings. The Bertz CT molecular complexity index is 407. The first kappa shape index (κ1) is 21.2. The van der Waals surface area contributed by atoms with Gasteiger partial charge in [-0.25, -0.2) is 0 Å². The number of benzene rings is 1. The molecule has 0 radical (unpaired) electrons. The number of aryl methyl sites for hydroxylation is 1. The maximum atomic E-state index is 2.44. The lowest BCUT2D eigenvalue weighted by Crippen LogP contribution is -2.07. The number of rotatable bonds is 10. The largest absolute Gasteiger partial charge is 0.412 e. The lowest BCUT2D eigenvalue weighted by atomic mass is 9.84. The zero-order valence-corrected chi connectivity index (χ0v) is 15.6. The molecule has 0 saturated heterocycles. The molecule has 1 aromatic carbocycles. The second-order valence-electron chi connectivity index (χ2n) is 6.74. The van der Waals surface area contributed by atoms with E-state index in [2.05, 4.69) is 46.8 Å². The second kappa shape index (κ2) is 11.7. The fourth-order valence-electron chi connectivity index (χ4n) is 3.22. The minimum Gasteiger partial charge on any atom is -0.412 e. The van der Waals surface area contributed by atoms with Crippen LogP contribution in [0.1, 0.15) is 101 Å². The Morgan fingerprint density at radius 2 is 1.23 bits per heavy atom. The first-order chi connectivity index (χ1) is 10.2. The summed E-state index contributed by atoms with van der Waals surface area (Å²) in [7, 11) is 0. The van der Waals surface area contributed by atoms with E-state index >= 15 is 0 Å². The monoisotopic (exact) mass is 306 g/mol. The summed E-state index contributed by atoms with van der Waals surface area (Å²) in [5.41, 5.74) is 6.66. The summed E-state index contributed by atoms with van der Waals surface area (Å²) >= 11 is 0. The van der Waals surface area contributed by atoms with Gasteiger partial charge >= 0.3 is 0 Å². The van der Waals surface area contributed by atoms with E-state index in [1.54, 1.807) is 22.3 Å². The molecule has 0 aliphatic heterocycles. The van der Waals surface area contributed by atoms with Crippen molar-refractivity contribution in [1.82, 2.24) is 0 Å². The van der Waals surface area contributed by atoms with Crippen LogP contribution in [0.5, 0.6) is 0 Å². The van der Waals surface area contributed by atoms with Gasteiger partial charge in [0.1, 0.15) is 0 Å². The molecule has 0 unspecified atom stereocenters. The van der Waals surface area contributed by atoms with Gasteiger partial charge < -0.3 is 5.48 Å². The van der Waals surface area contributed by atoms with Crippen LogP contribution in [0.15, 0.2) is 12.1 Å². The fourth-order valence-corrected chi connectivity index (χ4v) is 3.22. The molecule has 1 aromatic rings. The van der Waals surface area contributed by atoms with Gasteiger partial charge in [0.25, 0.3) is 0 Å². The zero-order valence-electron chi connectivity index (χ0n) is 15.6. The highest BCUT2D eigenvalue weighted by atomic mass is 16.0. The van der Waals surface area contributed by atoms with Crippen LogP contribution in [0, 0.1) is 0 Å². The molecule has 0 aliphatic rings. The molecule has 0 bridgehead atoms. The van der Waals surface area contributed by atoms with Gasteiger partial charge in [-0.3, -0.25) is 0 Å². The maximum absolute atomic E-state index is 2.44. The summed E-state index contributed by atoms with van der Waals surface area (Å²) in [6, 6.07) is 4.86. The molecule has 128 valence electrons. The molecule has 22 heavy (non-hydrogen) atoms. The molecule has 1 rings (SSSR count). The highest BCUT2D eigenvalue weighted by Gasteiger charge is 2.14. The molecule has 0 spiro atoms. The van der Waals surface area contributed by atoms with E-state index in [-0.39, 0.29) is 5.48 Å². The first-order valence-electron chi connectivity index (χ1n) is 9.29. The molecule has 0 heterocycles. The van der Waals surface area contributed by atoms with Gasteiger partial charge in [0.05, 0.1) is 0 Å². The van der Waals surface area contributed by atoms with E-state index in [1.807, 2.05) is 0 Å². The predicted molar refractivity (Wildman–Crippen MR) is 100.0 cm³/mol. The third-order valence-electron chi connectivity index (χ3n) is 4.55. The molecule has 1 heteroatoms. The van der Waals surface area contributed by atoms with Gasteiger partial charge in [-0.1, -0.05) is 66.0 Å². The Labute approximate surface area is 138 Å². The van der Waals surface area contributed by atoms with Gasteiger partial charge in [0.2, 0.25) is 0 Å². The molecule has 0 saturated carbocycles. The lowest BCUT2D eigenvalue weighted by molar-refractivity contribution is 0.719. The molecule has 2 N–H and O–H groups in total. The third kappa shape index (κ3) is 6.12. The van der Waals surface area contributed by atoms with Crippen LogP contribution in [0.2, 0.25) is 0 Å². The minimum atomic E-state index is 0. The highest BCUT2D eigenvalue weighted by Crippen LogP contribution is 2.29. The van der Waals surface area contributed by atoms with Gasteiger partial charge in [-0.15, -0.1) is 0 Å². The summed E-state index contributed by atoms with van der Waals surface area (Å²) in [6.07, 6.45) is 11.7. The van der Waals surface area contributed by atoms with Crippen molar-refractivity contribution in [2.75, 3.05) is 0 Å². The maximum Gasteiger partial charge on any atom is -0.0216 e. The predicted octanol–water partition coefficient (Wildman–Crippen LogP) is 6.01. The van der Waals surface area contributed by atoms with Gasteiger partial charge in [0.15, 0.2) is 0 Å². The molecule has 0 atom stereocenters. The van der Waals surface area contributed by atoms with Crippen LogP contribution in [-0.4, -0.2) is 5.48 Å². The molecular weight excluding hydrogens is 268 g/mol. The molecule has 1 nitrogen and oxygen atoms in total. The molecule has 0 amide bonds. The van der Waals surface area contributed by atoms with Crippen LogP contribution >= 0.6 is 0 Å². The molecular formula is C21H38O. The van der Waals surface area contributed by atoms with E-state index in [0.717, 1.165) is 0 Å². The smallest absolute Gasteiger partial charge is 0.0216 e. The Hall–Kier alpha value is -0.820. The van der Waals surface area contributed by atoms with Crippen molar-refractivity contribution < 1.29 is 5.48 Å². The topological polar surface area (TPSA) is 31.5 Å². The van der Waals surface area contributed by atoms with Crippen molar-refractivity contribution in [2.45, 2.75) is 98.3 Å². The molecule has 0 aliphatic carbocycles. The van der Waals surface area contributed by atoms with E-state index in [9.17, 15) is 0 Å². The standard InChI is InChI=1S/C21H36.H2O/c1-6-9-12-18-15-16-19(17(4)5)21(14-11-8-3)20(18)13-10-7-2;/h15-17H,6-14H2,1-5H3;1H2. The van der Waals surface area contributed by atoms with Crippen molar-refractivity contribution in [1.29, 1.82) is 0 Å². The number of hydrogen-bond donors (Lipinski definition) is 0. The van der Waals surface area contributed by atoms with Crippen molar-refractivity contribution >= 4 is 0 Å². The van der Waals surface area contributed by atoms with E-state index in [0.29, 0.717) is 5.92 Å². The van der Waals surface area contributed by atoms with Gasteiger partial charge in [0, 0.05) is 0 Å². The summed E-state index contributed by atoms with van der Waals surface area (Å²) in [5.74, 6) is 0.650. The molecule has 0 aromatic heterocycles. The van der Waals surface area contributed by atoms with Crippen LogP contribution in [-0.2, 0) is 19.3 Å². The quantitative estimate of drug-likeness (QED) is 0.506. The average molecular weight is 307 g/mol. The number of unbranched alkanes of at least 4 members (excludes halogenated alkanes) is 3. The zero-order chi connectivity index (χ0) is 15.7. The minimum absolute atomic E-state index is 0. The van der Waals surface area contributed by atoms with E-state index < -0.39 is 0 Å². The summed E-state index contributed by atoms with van der Waals surface area (Å²) in [4.78, 5) is 0. The van der Waals surface area contributed by atoms with Crippen LogP contribution in [0.3, 0.4) is 0 Å². The third-order valence-corrected chi connectivity index (χ3v) is 4.55. The van der Waals surface area contributed by atoms with Crippen molar-refractivity contribution in [3.8, 4) is 0 Å². The Balaban J connectivity index is 0.00000441. The normalized spacial score (nSPS) is 10.8. The van der Waals surface area contributed by atoms with Crippen LogP contribution < -0.4 is 0 Å². The van der Waals surface area contributed by atoms with Crippen molar-refractivity contribution in [3.05, 3.63) is 34.4 Å². The van der Waals surface area contributed by atoms with Crippen LogP contribution in [0.25, 0.3) is 0 Å². The Kier molecular flexibility index (Phi) is 11.3. The van der Waals surface area contributed by atoms with Crippen molar-refractivity contribution in [2.24, 2.45) is 0 Å². The number of hydrogen-bond acceptors (Lipinski definition) is 0.